The van der Waals surface area contributed by atoms with E-state index in [1.54, 1.807) is 23.6 Å². The minimum absolute atomic E-state index is 0.0849. The van der Waals surface area contributed by atoms with Gasteiger partial charge in [0.2, 0.25) is 0 Å². The number of thiophene rings is 1. The zero-order valence-electron chi connectivity index (χ0n) is 19.4. The van der Waals surface area contributed by atoms with E-state index < -0.39 is 16.8 Å². The Morgan fingerprint density at radius 2 is 1.77 bits per heavy atom. The van der Waals surface area contributed by atoms with Crippen LogP contribution in [0, 0.1) is 10.1 Å². The molecule has 35 heavy (non-hydrogen) atoms. The quantitative estimate of drug-likeness (QED) is 0.223. The van der Waals surface area contributed by atoms with Gasteiger partial charge in [-0.3, -0.25) is 14.9 Å². The zero-order valence-corrected chi connectivity index (χ0v) is 20.2. The molecular formula is C24H24N2O8S. The highest BCUT2D eigenvalue weighted by atomic mass is 32.1. The molecule has 1 amide bonds. The number of nitro groups is 1. The number of anilines is 1. The highest BCUT2D eigenvalue weighted by molar-refractivity contribution is 7.15. The van der Waals surface area contributed by atoms with Crippen LogP contribution >= 0.6 is 11.3 Å². The lowest BCUT2D eigenvalue weighted by atomic mass is 10.0. The molecule has 0 atom stereocenters. The maximum absolute atomic E-state index is 12.9. The van der Waals surface area contributed by atoms with Crippen molar-refractivity contribution in [2.45, 2.75) is 13.3 Å². The molecular weight excluding hydrogens is 476 g/mol. The van der Waals surface area contributed by atoms with Gasteiger partial charge < -0.3 is 24.3 Å². The molecule has 0 radical (unpaired) electrons. The minimum atomic E-state index is -0.565. The van der Waals surface area contributed by atoms with Crippen molar-refractivity contribution in [3.63, 3.8) is 0 Å². The van der Waals surface area contributed by atoms with Crippen LogP contribution in [0.1, 0.15) is 23.7 Å². The first-order chi connectivity index (χ1) is 16.9. The van der Waals surface area contributed by atoms with Gasteiger partial charge in [-0.25, -0.2) is 4.79 Å². The molecule has 0 aliphatic heterocycles. The lowest BCUT2D eigenvalue weighted by Crippen LogP contribution is -2.21. The molecule has 0 fully saturated rings. The van der Waals surface area contributed by atoms with E-state index in [2.05, 4.69) is 5.32 Å². The van der Waals surface area contributed by atoms with E-state index in [1.807, 2.05) is 6.92 Å². The third kappa shape index (κ3) is 6.27. The van der Waals surface area contributed by atoms with Crippen LogP contribution in [0.2, 0.25) is 0 Å². The van der Waals surface area contributed by atoms with Crippen molar-refractivity contribution >= 4 is 33.9 Å². The number of nitro benzene ring substituents is 1. The van der Waals surface area contributed by atoms with Gasteiger partial charge in [0.05, 0.1) is 25.7 Å². The summed E-state index contributed by atoms with van der Waals surface area (Å²) in [6, 6.07) is 10.6. The maximum atomic E-state index is 12.9. The van der Waals surface area contributed by atoms with E-state index in [0.717, 1.165) is 0 Å². The van der Waals surface area contributed by atoms with Crippen LogP contribution in [-0.4, -0.2) is 44.2 Å². The summed E-state index contributed by atoms with van der Waals surface area (Å²) in [5.74, 6) is 0.258. The van der Waals surface area contributed by atoms with Crippen molar-refractivity contribution in [1.29, 1.82) is 0 Å². The largest absolute Gasteiger partial charge is 0.493 e. The third-order valence-corrected chi connectivity index (χ3v) is 5.69. The van der Waals surface area contributed by atoms with Crippen LogP contribution in [0.3, 0.4) is 0 Å². The third-order valence-electron chi connectivity index (χ3n) is 4.80. The van der Waals surface area contributed by atoms with Gasteiger partial charge in [0.15, 0.2) is 18.1 Å². The lowest BCUT2D eigenvalue weighted by Gasteiger charge is -2.12. The molecule has 2 aromatic carbocycles. The number of ether oxygens (including phenoxy) is 4. The SMILES string of the molecule is CCCOC(=O)c1c(-c2ccc(OC)c(OC)c2)csc1NC(=O)COc1ccc([N+](=O)[O-])cc1. The highest BCUT2D eigenvalue weighted by Crippen LogP contribution is 2.39. The number of carbonyl (C=O) groups excluding carboxylic acids is 2. The minimum Gasteiger partial charge on any atom is -0.493 e. The van der Waals surface area contributed by atoms with Crippen molar-refractivity contribution in [3.05, 3.63) is 63.5 Å². The molecule has 1 N–H and O–H groups in total. The summed E-state index contributed by atoms with van der Waals surface area (Å²) in [5.41, 5.74) is 1.39. The van der Waals surface area contributed by atoms with Gasteiger partial charge in [-0.15, -0.1) is 11.3 Å². The molecule has 1 heterocycles. The van der Waals surface area contributed by atoms with E-state index in [4.69, 9.17) is 18.9 Å². The normalized spacial score (nSPS) is 10.4. The molecule has 1 aromatic heterocycles. The van der Waals surface area contributed by atoms with Crippen molar-refractivity contribution in [1.82, 2.24) is 0 Å². The lowest BCUT2D eigenvalue weighted by molar-refractivity contribution is -0.384. The van der Waals surface area contributed by atoms with E-state index in [-0.39, 0.29) is 24.5 Å². The number of rotatable bonds is 11. The van der Waals surface area contributed by atoms with Crippen molar-refractivity contribution in [2.75, 3.05) is 32.8 Å². The van der Waals surface area contributed by atoms with Gasteiger partial charge >= 0.3 is 5.97 Å². The molecule has 0 unspecified atom stereocenters. The summed E-state index contributed by atoms with van der Waals surface area (Å²) in [5, 5.41) is 15.5. The second-order valence-corrected chi connectivity index (χ2v) is 8.03. The molecule has 0 bridgehead atoms. The van der Waals surface area contributed by atoms with E-state index in [0.29, 0.717) is 39.8 Å². The first-order valence-corrected chi connectivity index (χ1v) is 11.4. The Kier molecular flexibility index (Phi) is 8.63. The first kappa shape index (κ1) is 25.5. The van der Waals surface area contributed by atoms with Gasteiger partial charge in [0.25, 0.3) is 11.6 Å². The van der Waals surface area contributed by atoms with E-state index in [9.17, 15) is 19.7 Å². The summed E-state index contributed by atoms with van der Waals surface area (Å²) in [4.78, 5) is 35.7. The second kappa shape index (κ2) is 11.8. The number of methoxy groups -OCH3 is 2. The molecule has 3 rings (SSSR count). The van der Waals surface area contributed by atoms with Gasteiger partial charge in [-0.2, -0.15) is 0 Å². The molecule has 10 nitrogen and oxygen atoms in total. The zero-order chi connectivity index (χ0) is 25.4. The molecule has 0 saturated heterocycles. The Bertz CT molecular complexity index is 1210. The Hall–Kier alpha value is -4.12. The van der Waals surface area contributed by atoms with Gasteiger partial charge in [0, 0.05) is 23.1 Å². The maximum Gasteiger partial charge on any atom is 0.341 e. The predicted molar refractivity (Wildman–Crippen MR) is 131 cm³/mol. The molecule has 0 spiro atoms. The number of hydrogen-bond acceptors (Lipinski definition) is 9. The molecule has 0 aliphatic carbocycles. The van der Waals surface area contributed by atoms with Crippen LogP contribution in [0.25, 0.3) is 11.1 Å². The summed E-state index contributed by atoms with van der Waals surface area (Å²) >= 11 is 1.18. The van der Waals surface area contributed by atoms with Crippen LogP contribution in [-0.2, 0) is 9.53 Å². The summed E-state index contributed by atoms with van der Waals surface area (Å²) in [6.07, 6.45) is 0.645. The molecule has 0 saturated carbocycles. The fourth-order valence-electron chi connectivity index (χ4n) is 3.11. The monoisotopic (exact) mass is 500 g/mol. The molecule has 184 valence electrons. The van der Waals surface area contributed by atoms with Crippen molar-refractivity contribution in [2.24, 2.45) is 0 Å². The van der Waals surface area contributed by atoms with Crippen LogP contribution in [0.4, 0.5) is 10.7 Å². The Morgan fingerprint density at radius 3 is 2.40 bits per heavy atom. The molecule has 3 aromatic rings. The predicted octanol–water partition coefficient (Wildman–Crippen LogP) is 4.92. The number of amides is 1. The molecule has 11 heteroatoms. The number of non-ortho nitro benzene ring substituents is 1. The number of hydrogen-bond donors (Lipinski definition) is 1. The average Bonchev–Trinajstić information content (AvgIpc) is 3.29. The van der Waals surface area contributed by atoms with Crippen LogP contribution in [0.5, 0.6) is 17.2 Å². The number of carbonyl (C=O) groups is 2. The number of nitrogens with zero attached hydrogens (tertiary/aromatic N) is 1. The van der Waals surface area contributed by atoms with Gasteiger partial charge in [-0.05, 0) is 36.2 Å². The van der Waals surface area contributed by atoms with E-state index >= 15 is 0 Å². The Balaban J connectivity index is 1.82. The molecule has 0 aliphatic rings. The smallest absolute Gasteiger partial charge is 0.341 e. The van der Waals surface area contributed by atoms with Gasteiger partial charge in [-0.1, -0.05) is 13.0 Å². The second-order valence-electron chi connectivity index (χ2n) is 7.15. The number of esters is 1. The summed E-state index contributed by atoms with van der Waals surface area (Å²) < 4.78 is 21.4. The van der Waals surface area contributed by atoms with E-state index in [1.165, 1.54) is 49.8 Å². The topological polar surface area (TPSA) is 126 Å². The van der Waals surface area contributed by atoms with Crippen molar-refractivity contribution < 1.29 is 33.5 Å². The first-order valence-electron chi connectivity index (χ1n) is 10.6. The van der Waals surface area contributed by atoms with Crippen LogP contribution in [0.15, 0.2) is 47.8 Å². The number of nitrogens with one attached hydrogen (secondary N) is 1. The fraction of sp³-hybridized carbons (Fsp3) is 0.250. The summed E-state index contributed by atoms with van der Waals surface area (Å²) in [7, 11) is 3.05. The average molecular weight is 501 g/mol. The van der Waals surface area contributed by atoms with Crippen molar-refractivity contribution in [3.8, 4) is 28.4 Å². The summed E-state index contributed by atoms with van der Waals surface area (Å²) in [6.45, 7) is 1.76. The standard InChI is InChI=1S/C24H24N2O8S/c1-4-11-33-24(28)22-18(15-5-10-19(31-2)20(12-15)32-3)14-35-23(22)25-21(27)13-34-17-8-6-16(7-9-17)26(29)30/h5-10,12,14H,4,11,13H2,1-3H3,(H,25,27). The highest BCUT2D eigenvalue weighted by Gasteiger charge is 2.24. The Morgan fingerprint density at radius 1 is 1.06 bits per heavy atom. The van der Waals surface area contributed by atoms with Gasteiger partial charge in [0.1, 0.15) is 16.3 Å². The van der Waals surface area contributed by atoms with Crippen LogP contribution < -0.4 is 19.5 Å². The Labute approximate surface area is 205 Å². The fourth-order valence-corrected chi connectivity index (χ4v) is 4.08. The number of benzene rings is 2.